The molecule has 0 bridgehead atoms. The highest BCUT2D eigenvalue weighted by atomic mass is 32.2. The highest BCUT2D eigenvalue weighted by Crippen LogP contribution is 2.14. The lowest BCUT2D eigenvalue weighted by molar-refractivity contribution is 0.445. The van der Waals surface area contributed by atoms with Crippen LogP contribution in [-0.2, 0) is 10.0 Å². The van der Waals surface area contributed by atoms with Gasteiger partial charge >= 0.3 is 0 Å². The first kappa shape index (κ1) is 14.0. The van der Waals surface area contributed by atoms with E-state index in [0.29, 0.717) is 6.42 Å². The normalized spacial score (nSPS) is 13.9. The number of pyridine rings is 1. The third-order valence-corrected chi connectivity index (χ3v) is 4.11. The van der Waals surface area contributed by atoms with Gasteiger partial charge in [-0.25, -0.2) is 17.1 Å². The molecule has 0 amide bonds. The number of hydrogen-bond donors (Lipinski definition) is 1. The third kappa shape index (κ3) is 3.72. The molecule has 1 atom stereocenters. The monoisotopic (exact) mass is 261 g/mol. The quantitative estimate of drug-likeness (QED) is 0.841. The van der Waals surface area contributed by atoms with Crippen LogP contribution in [0.25, 0.3) is 0 Å². The summed E-state index contributed by atoms with van der Waals surface area (Å²) >= 11 is 0. The Hall–Kier alpha value is -1.05. The largest absolute Gasteiger partial charge is 0.328 e. The van der Waals surface area contributed by atoms with Crippen molar-refractivity contribution in [3.63, 3.8) is 0 Å². The lowest BCUT2D eigenvalue weighted by Crippen LogP contribution is -2.31. The minimum Gasteiger partial charge on any atom is -0.328 e. The Kier molecular flexibility index (Phi) is 4.55. The first-order valence-electron chi connectivity index (χ1n) is 5.16. The van der Waals surface area contributed by atoms with E-state index >= 15 is 0 Å². The van der Waals surface area contributed by atoms with Crippen LogP contribution >= 0.6 is 0 Å². The van der Waals surface area contributed by atoms with Crippen molar-refractivity contribution in [2.75, 3.05) is 13.6 Å². The molecule has 0 spiro atoms. The first-order valence-corrected chi connectivity index (χ1v) is 6.60. The molecule has 0 fully saturated rings. The maximum Gasteiger partial charge on any atom is 0.244 e. The van der Waals surface area contributed by atoms with Gasteiger partial charge in [0.05, 0.1) is 6.20 Å². The smallest absolute Gasteiger partial charge is 0.244 e. The second kappa shape index (κ2) is 5.52. The van der Waals surface area contributed by atoms with Crippen LogP contribution in [0.2, 0.25) is 0 Å². The van der Waals surface area contributed by atoms with E-state index in [0.717, 1.165) is 22.8 Å². The van der Waals surface area contributed by atoms with Crippen molar-refractivity contribution in [2.45, 2.75) is 24.3 Å². The van der Waals surface area contributed by atoms with Crippen LogP contribution in [0.1, 0.15) is 13.3 Å². The van der Waals surface area contributed by atoms with E-state index in [1.165, 1.54) is 7.05 Å². The van der Waals surface area contributed by atoms with Crippen molar-refractivity contribution < 1.29 is 12.8 Å². The number of nitrogens with zero attached hydrogens (tertiary/aromatic N) is 2. The molecule has 0 saturated heterocycles. The summed E-state index contributed by atoms with van der Waals surface area (Å²) in [7, 11) is -2.25. The SMILES string of the molecule is CC(N)CCN(C)S(=O)(=O)c1cncc(F)c1. The first-order chi connectivity index (χ1) is 7.84. The van der Waals surface area contributed by atoms with Gasteiger partial charge in [-0.2, -0.15) is 0 Å². The summed E-state index contributed by atoms with van der Waals surface area (Å²) in [5.74, 6) is -0.674. The van der Waals surface area contributed by atoms with Crippen LogP contribution in [0.15, 0.2) is 23.4 Å². The van der Waals surface area contributed by atoms with Crippen LogP contribution < -0.4 is 5.73 Å². The van der Waals surface area contributed by atoms with Gasteiger partial charge in [0.2, 0.25) is 10.0 Å². The molecule has 1 aromatic rings. The van der Waals surface area contributed by atoms with Crippen LogP contribution in [0.3, 0.4) is 0 Å². The standard InChI is InChI=1S/C10H16FN3O2S/c1-8(12)3-4-14(2)17(15,16)10-5-9(11)6-13-7-10/h5-8H,3-4,12H2,1-2H3. The van der Waals surface area contributed by atoms with Gasteiger partial charge < -0.3 is 5.73 Å². The van der Waals surface area contributed by atoms with E-state index in [-0.39, 0.29) is 17.5 Å². The van der Waals surface area contributed by atoms with E-state index in [1.807, 2.05) is 0 Å². The van der Waals surface area contributed by atoms with Crippen LogP contribution in [0, 0.1) is 5.82 Å². The van der Waals surface area contributed by atoms with Gasteiger partial charge in [0.1, 0.15) is 10.7 Å². The summed E-state index contributed by atoms with van der Waals surface area (Å²) in [5.41, 5.74) is 5.55. The summed E-state index contributed by atoms with van der Waals surface area (Å²) in [4.78, 5) is 3.37. The number of sulfonamides is 1. The molecule has 17 heavy (non-hydrogen) atoms. The Morgan fingerprint density at radius 3 is 2.71 bits per heavy atom. The molecule has 7 heteroatoms. The average molecular weight is 261 g/mol. The fourth-order valence-corrected chi connectivity index (χ4v) is 2.38. The Morgan fingerprint density at radius 1 is 1.53 bits per heavy atom. The zero-order valence-electron chi connectivity index (χ0n) is 9.80. The summed E-state index contributed by atoms with van der Waals surface area (Å²) in [5, 5.41) is 0. The second-order valence-corrected chi connectivity index (χ2v) is 5.98. The van der Waals surface area contributed by atoms with E-state index in [2.05, 4.69) is 4.98 Å². The lowest BCUT2D eigenvalue weighted by Gasteiger charge is -2.17. The molecular formula is C10H16FN3O2S. The summed E-state index contributed by atoms with van der Waals surface area (Å²) in [6, 6.07) is 0.864. The maximum atomic E-state index is 12.9. The van der Waals surface area contributed by atoms with Crippen molar-refractivity contribution in [2.24, 2.45) is 5.73 Å². The number of rotatable bonds is 5. The molecule has 0 radical (unpaired) electrons. The molecule has 0 aliphatic carbocycles. The number of nitrogens with two attached hydrogens (primary N) is 1. The molecule has 1 rings (SSSR count). The van der Waals surface area contributed by atoms with Crippen LogP contribution in [0.4, 0.5) is 4.39 Å². The number of hydrogen-bond acceptors (Lipinski definition) is 4. The van der Waals surface area contributed by atoms with E-state index < -0.39 is 15.8 Å². The molecule has 1 aromatic heterocycles. The summed E-state index contributed by atoms with van der Waals surface area (Å²) in [6.07, 6.45) is 2.63. The van der Waals surface area contributed by atoms with Crippen molar-refractivity contribution in [3.05, 3.63) is 24.3 Å². The predicted octanol–water partition coefficient (Wildman–Crippen LogP) is 0.579. The van der Waals surface area contributed by atoms with E-state index in [9.17, 15) is 12.8 Å². The number of aromatic nitrogens is 1. The van der Waals surface area contributed by atoms with Crippen molar-refractivity contribution in [1.82, 2.24) is 9.29 Å². The van der Waals surface area contributed by atoms with Gasteiger partial charge in [0.25, 0.3) is 0 Å². The molecule has 0 aliphatic heterocycles. The summed E-state index contributed by atoms with van der Waals surface area (Å²) < 4.78 is 38.0. The molecular weight excluding hydrogens is 245 g/mol. The fraction of sp³-hybridized carbons (Fsp3) is 0.500. The van der Waals surface area contributed by atoms with Crippen molar-refractivity contribution in [3.8, 4) is 0 Å². The minimum absolute atomic E-state index is 0.0849. The minimum atomic E-state index is -3.68. The molecule has 5 nitrogen and oxygen atoms in total. The van der Waals surface area contributed by atoms with Gasteiger partial charge in [0, 0.05) is 25.8 Å². The highest BCUT2D eigenvalue weighted by Gasteiger charge is 2.21. The lowest BCUT2D eigenvalue weighted by atomic mass is 10.2. The van der Waals surface area contributed by atoms with E-state index in [1.54, 1.807) is 6.92 Å². The number of halogens is 1. The molecule has 96 valence electrons. The molecule has 1 heterocycles. The highest BCUT2D eigenvalue weighted by molar-refractivity contribution is 7.89. The fourth-order valence-electron chi connectivity index (χ4n) is 1.22. The molecule has 1 unspecified atom stereocenters. The van der Waals surface area contributed by atoms with Crippen molar-refractivity contribution in [1.29, 1.82) is 0 Å². The topological polar surface area (TPSA) is 76.3 Å². The van der Waals surface area contributed by atoms with Gasteiger partial charge in [-0.05, 0) is 19.4 Å². The molecule has 0 saturated carbocycles. The third-order valence-electron chi connectivity index (χ3n) is 2.29. The predicted molar refractivity (Wildman–Crippen MR) is 62.3 cm³/mol. The van der Waals surface area contributed by atoms with Gasteiger partial charge in [-0.1, -0.05) is 0 Å². The van der Waals surface area contributed by atoms with Gasteiger partial charge in [-0.3, -0.25) is 4.98 Å². The van der Waals surface area contributed by atoms with Gasteiger partial charge in [0.15, 0.2) is 0 Å². The van der Waals surface area contributed by atoms with E-state index in [4.69, 9.17) is 5.73 Å². The molecule has 0 aliphatic rings. The molecule has 0 aromatic carbocycles. The zero-order chi connectivity index (χ0) is 13.1. The Bertz CT molecular complexity index is 476. The average Bonchev–Trinajstić information content (AvgIpc) is 2.25. The Balaban J connectivity index is 2.88. The molecule has 2 N–H and O–H groups in total. The van der Waals surface area contributed by atoms with Crippen LogP contribution in [-0.4, -0.2) is 37.3 Å². The Morgan fingerprint density at radius 2 is 2.18 bits per heavy atom. The van der Waals surface area contributed by atoms with Crippen LogP contribution in [0.5, 0.6) is 0 Å². The maximum absolute atomic E-state index is 12.9. The van der Waals surface area contributed by atoms with Crippen molar-refractivity contribution >= 4 is 10.0 Å². The van der Waals surface area contributed by atoms with Gasteiger partial charge in [-0.15, -0.1) is 0 Å². The summed E-state index contributed by atoms with van der Waals surface area (Å²) in [6.45, 7) is 2.08. The zero-order valence-corrected chi connectivity index (χ0v) is 10.6. The second-order valence-electron chi connectivity index (χ2n) is 3.93. The Labute approximate surface area is 101 Å².